The molecule has 1 aliphatic rings. The van der Waals surface area contributed by atoms with Crippen LogP contribution in [-0.4, -0.2) is 25.8 Å². The molecule has 2 aromatic rings. The highest BCUT2D eigenvalue weighted by atomic mass is 19.4. The zero-order valence-electron chi connectivity index (χ0n) is 13.2. The van der Waals surface area contributed by atoms with Crippen LogP contribution in [0.15, 0.2) is 54.6 Å². The maximum Gasteiger partial charge on any atom is 0.416 e. The molecule has 128 valence electrons. The van der Waals surface area contributed by atoms with Crippen LogP contribution < -0.4 is 5.32 Å². The average Bonchev–Trinajstić information content (AvgIpc) is 2.61. The lowest BCUT2D eigenvalue weighted by molar-refractivity contribution is -0.138. The molecule has 2 aromatic carbocycles. The lowest BCUT2D eigenvalue weighted by atomic mass is 9.85. The number of alkyl halides is 3. The molecule has 0 saturated carbocycles. The molecule has 0 aromatic heterocycles. The Hall–Kier alpha value is -1.85. The second-order valence-corrected chi connectivity index (χ2v) is 5.99. The molecule has 0 bridgehead atoms. The van der Waals surface area contributed by atoms with E-state index in [1.807, 2.05) is 30.3 Å². The maximum atomic E-state index is 13.3. The summed E-state index contributed by atoms with van der Waals surface area (Å²) in [5.74, 6) is -0.123. The first-order valence-electron chi connectivity index (χ1n) is 8.08. The topological polar surface area (TPSA) is 21.3 Å². The van der Waals surface area contributed by atoms with Crippen molar-refractivity contribution < 1.29 is 17.9 Å². The fraction of sp³-hybridized carbons (Fsp3) is 0.368. The van der Waals surface area contributed by atoms with Crippen molar-refractivity contribution in [3.8, 4) is 0 Å². The van der Waals surface area contributed by atoms with E-state index in [4.69, 9.17) is 4.74 Å². The molecule has 24 heavy (non-hydrogen) atoms. The number of nitrogens with one attached hydrogen (secondary N) is 1. The van der Waals surface area contributed by atoms with E-state index in [1.54, 1.807) is 12.1 Å². The molecule has 5 heteroatoms. The number of hydrogen-bond acceptors (Lipinski definition) is 2. The highest BCUT2D eigenvalue weighted by Crippen LogP contribution is 2.35. The second kappa shape index (κ2) is 7.36. The molecular weight excluding hydrogens is 315 g/mol. The van der Waals surface area contributed by atoms with Crippen LogP contribution in [0.25, 0.3) is 0 Å². The van der Waals surface area contributed by atoms with Crippen molar-refractivity contribution in [2.75, 3.05) is 19.7 Å². The van der Waals surface area contributed by atoms with Gasteiger partial charge in [-0.1, -0.05) is 48.5 Å². The third kappa shape index (κ3) is 3.97. The molecule has 1 N–H and O–H groups in total. The number of hydrogen-bond donors (Lipinski definition) is 1. The molecule has 1 saturated heterocycles. The van der Waals surface area contributed by atoms with E-state index in [-0.39, 0.29) is 12.0 Å². The Labute approximate surface area is 139 Å². The molecular formula is C19H20F3NO. The predicted octanol–water partition coefficient (Wildman–Crippen LogP) is 4.02. The van der Waals surface area contributed by atoms with Crippen molar-refractivity contribution in [1.29, 1.82) is 0 Å². The Balaban J connectivity index is 1.93. The van der Waals surface area contributed by atoms with E-state index < -0.39 is 11.7 Å². The molecule has 0 aliphatic carbocycles. The fourth-order valence-electron chi connectivity index (χ4n) is 3.22. The van der Waals surface area contributed by atoms with E-state index in [0.717, 1.165) is 18.2 Å². The van der Waals surface area contributed by atoms with Gasteiger partial charge in [-0.05, 0) is 23.6 Å². The number of benzene rings is 2. The summed E-state index contributed by atoms with van der Waals surface area (Å²) in [6, 6.07) is 15.5. The number of ether oxygens (including phenoxy) is 1. The van der Waals surface area contributed by atoms with Gasteiger partial charge in [0.05, 0.1) is 18.3 Å². The van der Waals surface area contributed by atoms with E-state index in [2.05, 4.69) is 5.32 Å². The van der Waals surface area contributed by atoms with Crippen LogP contribution in [0.1, 0.15) is 22.6 Å². The van der Waals surface area contributed by atoms with Gasteiger partial charge in [0.25, 0.3) is 0 Å². The van der Waals surface area contributed by atoms with Crippen LogP contribution in [0.4, 0.5) is 13.2 Å². The van der Waals surface area contributed by atoms with Crippen molar-refractivity contribution >= 4 is 0 Å². The van der Waals surface area contributed by atoms with Gasteiger partial charge in [-0.15, -0.1) is 0 Å². The number of rotatable bonds is 4. The van der Waals surface area contributed by atoms with Crippen LogP contribution in [-0.2, 0) is 17.3 Å². The molecule has 0 spiro atoms. The average molecular weight is 335 g/mol. The third-order valence-corrected chi connectivity index (χ3v) is 4.40. The zero-order valence-corrected chi connectivity index (χ0v) is 13.2. The second-order valence-electron chi connectivity index (χ2n) is 5.99. The maximum absolute atomic E-state index is 13.3. The Morgan fingerprint density at radius 1 is 1.04 bits per heavy atom. The summed E-state index contributed by atoms with van der Waals surface area (Å²) < 4.78 is 45.7. The standard InChI is InChI=1S/C19H20F3NO/c20-19(21,22)17-9-5-4-8-15(17)12-16(14-6-2-1-3-7-14)18-13-23-10-11-24-18/h1-9,16,18,23H,10-13H2. The van der Waals surface area contributed by atoms with Crippen LogP contribution >= 0.6 is 0 Å². The predicted molar refractivity (Wildman–Crippen MR) is 86.9 cm³/mol. The molecule has 0 amide bonds. The molecule has 1 fully saturated rings. The minimum Gasteiger partial charge on any atom is -0.375 e. The van der Waals surface area contributed by atoms with E-state index in [0.29, 0.717) is 25.1 Å². The monoisotopic (exact) mass is 335 g/mol. The highest BCUT2D eigenvalue weighted by molar-refractivity contribution is 5.33. The first kappa shape index (κ1) is 17.0. The summed E-state index contributed by atoms with van der Waals surface area (Å²) in [6.45, 7) is 2.00. The molecule has 2 unspecified atom stereocenters. The van der Waals surface area contributed by atoms with Crippen molar-refractivity contribution in [3.63, 3.8) is 0 Å². The summed E-state index contributed by atoms with van der Waals surface area (Å²) >= 11 is 0. The normalized spacial score (nSPS) is 19.9. The van der Waals surface area contributed by atoms with Crippen molar-refractivity contribution in [3.05, 3.63) is 71.3 Å². The quantitative estimate of drug-likeness (QED) is 0.911. The van der Waals surface area contributed by atoms with Gasteiger partial charge in [0.1, 0.15) is 0 Å². The molecule has 0 radical (unpaired) electrons. The highest BCUT2D eigenvalue weighted by Gasteiger charge is 2.35. The Kier molecular flexibility index (Phi) is 5.21. The lowest BCUT2D eigenvalue weighted by Gasteiger charge is -2.32. The summed E-state index contributed by atoms with van der Waals surface area (Å²) in [5.41, 5.74) is 0.755. The first-order valence-corrected chi connectivity index (χ1v) is 8.08. The van der Waals surface area contributed by atoms with E-state index >= 15 is 0 Å². The van der Waals surface area contributed by atoms with Gasteiger partial charge in [0.2, 0.25) is 0 Å². The van der Waals surface area contributed by atoms with Crippen molar-refractivity contribution in [1.82, 2.24) is 5.32 Å². The largest absolute Gasteiger partial charge is 0.416 e. The molecule has 1 aliphatic heterocycles. The van der Waals surface area contributed by atoms with E-state index in [1.165, 1.54) is 6.07 Å². The van der Waals surface area contributed by atoms with Gasteiger partial charge in [-0.3, -0.25) is 0 Å². The minimum atomic E-state index is -4.34. The summed E-state index contributed by atoms with van der Waals surface area (Å²) in [4.78, 5) is 0. The van der Waals surface area contributed by atoms with Gasteiger partial charge in [-0.2, -0.15) is 13.2 Å². The number of morpholine rings is 1. The molecule has 3 rings (SSSR count). The minimum absolute atomic E-state index is 0.123. The van der Waals surface area contributed by atoms with Crippen LogP contribution in [0.2, 0.25) is 0 Å². The summed E-state index contributed by atoms with van der Waals surface area (Å²) in [6.07, 6.45) is -4.18. The van der Waals surface area contributed by atoms with Crippen LogP contribution in [0.5, 0.6) is 0 Å². The van der Waals surface area contributed by atoms with Crippen molar-refractivity contribution in [2.24, 2.45) is 0 Å². The van der Waals surface area contributed by atoms with Gasteiger partial charge < -0.3 is 10.1 Å². The SMILES string of the molecule is FC(F)(F)c1ccccc1CC(c1ccccc1)C1CNCCO1. The number of halogens is 3. The lowest BCUT2D eigenvalue weighted by Crippen LogP contribution is -2.42. The molecule has 2 nitrogen and oxygen atoms in total. The van der Waals surface area contributed by atoms with Gasteiger partial charge in [-0.25, -0.2) is 0 Å². The van der Waals surface area contributed by atoms with Crippen molar-refractivity contribution in [2.45, 2.75) is 24.6 Å². The fourth-order valence-corrected chi connectivity index (χ4v) is 3.22. The van der Waals surface area contributed by atoms with Gasteiger partial charge >= 0.3 is 6.18 Å². The Morgan fingerprint density at radius 3 is 2.42 bits per heavy atom. The molecule has 1 heterocycles. The summed E-state index contributed by atoms with van der Waals surface area (Å²) in [5, 5.41) is 3.27. The Bertz CT molecular complexity index is 651. The van der Waals surface area contributed by atoms with Gasteiger partial charge in [0, 0.05) is 19.0 Å². The van der Waals surface area contributed by atoms with Crippen LogP contribution in [0.3, 0.4) is 0 Å². The summed E-state index contributed by atoms with van der Waals surface area (Å²) in [7, 11) is 0. The first-order chi connectivity index (χ1) is 11.6. The third-order valence-electron chi connectivity index (χ3n) is 4.40. The molecule has 2 atom stereocenters. The van der Waals surface area contributed by atoms with Crippen LogP contribution in [0, 0.1) is 0 Å². The zero-order chi connectivity index (χ0) is 17.0. The Morgan fingerprint density at radius 2 is 1.75 bits per heavy atom. The van der Waals surface area contributed by atoms with Gasteiger partial charge in [0.15, 0.2) is 0 Å². The van der Waals surface area contributed by atoms with E-state index in [9.17, 15) is 13.2 Å². The smallest absolute Gasteiger partial charge is 0.375 e.